The Hall–Kier alpha value is -1.78. The highest BCUT2D eigenvalue weighted by Gasteiger charge is 2.12. The van der Waals surface area contributed by atoms with E-state index < -0.39 is 0 Å². The monoisotopic (exact) mass is 346 g/mol. The van der Waals surface area contributed by atoms with Crippen LogP contribution in [0.4, 0.5) is 0 Å². The molecule has 0 bridgehead atoms. The van der Waals surface area contributed by atoms with Gasteiger partial charge in [0.25, 0.3) is 0 Å². The number of aryl methyl sites for hydroxylation is 6. The van der Waals surface area contributed by atoms with Crippen molar-refractivity contribution >= 4 is 0 Å². The third-order valence-corrected chi connectivity index (χ3v) is 4.91. The Kier molecular flexibility index (Phi) is 9.53. The lowest BCUT2D eigenvalue weighted by molar-refractivity contribution is -0.707. The van der Waals surface area contributed by atoms with E-state index in [1.165, 1.54) is 52.9 Å². The number of hydrogen-bond acceptors (Lipinski definition) is 2. The summed E-state index contributed by atoms with van der Waals surface area (Å²) in [5.41, 5.74) is 8.30. The summed E-state index contributed by atoms with van der Waals surface area (Å²) in [5, 5.41) is 0. The van der Waals surface area contributed by atoms with Crippen LogP contribution in [-0.2, 0) is 13.1 Å². The van der Waals surface area contributed by atoms with Crippen molar-refractivity contribution in [2.75, 3.05) is 0 Å². The Morgan fingerprint density at radius 2 is 0.960 bits per heavy atom. The molecule has 0 aromatic carbocycles. The summed E-state index contributed by atoms with van der Waals surface area (Å²) in [7, 11) is 0. The molecule has 2 rings (SSSR count). The fourth-order valence-electron chi connectivity index (χ4n) is 3.31. The summed E-state index contributed by atoms with van der Waals surface area (Å²) in [4.78, 5) is 0. The molecule has 0 saturated heterocycles. The molecule has 25 heavy (non-hydrogen) atoms. The molecule has 4 heteroatoms. The van der Waals surface area contributed by atoms with Gasteiger partial charge in [-0.1, -0.05) is 0 Å². The van der Waals surface area contributed by atoms with Crippen LogP contribution in [0.1, 0.15) is 52.9 Å². The minimum absolute atomic E-state index is 0. The predicted molar refractivity (Wildman–Crippen MR) is 99.4 cm³/mol. The molecule has 0 aliphatic rings. The largest absolute Gasteiger partial charge is 0.870 e. The lowest BCUT2D eigenvalue weighted by Gasteiger charge is -2.06. The first-order chi connectivity index (χ1) is 10.9. The molecule has 0 saturated carbocycles. The zero-order chi connectivity index (χ0) is 17.0. The molecule has 0 aliphatic carbocycles. The summed E-state index contributed by atoms with van der Waals surface area (Å²) in [6.07, 6.45) is 8.34. The highest BCUT2D eigenvalue weighted by Crippen LogP contribution is 2.07. The van der Waals surface area contributed by atoms with Crippen molar-refractivity contribution in [1.82, 2.24) is 0 Å². The van der Waals surface area contributed by atoms with Crippen LogP contribution < -0.4 is 9.13 Å². The van der Waals surface area contributed by atoms with Crippen LogP contribution >= 0.6 is 0 Å². The predicted octanol–water partition coefficient (Wildman–Crippen LogP) is 3.63. The first-order valence-electron chi connectivity index (χ1n) is 8.83. The fraction of sp³-hybridized carbons (Fsp3) is 0.524. The summed E-state index contributed by atoms with van der Waals surface area (Å²) in [6, 6.07) is 4.54. The molecule has 0 amide bonds. The molecule has 2 aromatic rings. The van der Waals surface area contributed by atoms with Crippen LogP contribution in [0.2, 0.25) is 0 Å². The van der Waals surface area contributed by atoms with Gasteiger partial charge in [0.2, 0.25) is 0 Å². The van der Waals surface area contributed by atoms with Crippen LogP contribution in [0.25, 0.3) is 0 Å². The van der Waals surface area contributed by atoms with Crippen molar-refractivity contribution in [3.63, 3.8) is 0 Å². The zero-order valence-electron chi connectivity index (χ0n) is 16.6. The van der Waals surface area contributed by atoms with E-state index in [0.29, 0.717) is 0 Å². The Labute approximate surface area is 152 Å². The van der Waals surface area contributed by atoms with Crippen molar-refractivity contribution in [2.24, 2.45) is 0 Å². The van der Waals surface area contributed by atoms with Crippen LogP contribution in [0, 0.1) is 41.5 Å². The third kappa shape index (κ3) is 6.22. The number of unbranched alkanes of at least 4 members (excludes halogenated alkanes) is 2. The smallest absolute Gasteiger partial charge is 0.181 e. The Bertz CT molecular complexity index is 637. The van der Waals surface area contributed by atoms with Crippen LogP contribution in [0.15, 0.2) is 24.5 Å². The lowest BCUT2D eigenvalue weighted by atomic mass is 10.1. The zero-order valence-corrected chi connectivity index (χ0v) is 16.6. The Morgan fingerprint density at radius 3 is 1.32 bits per heavy atom. The molecule has 0 spiro atoms. The molecule has 0 aliphatic heterocycles. The van der Waals surface area contributed by atoms with E-state index in [4.69, 9.17) is 0 Å². The average molecular weight is 347 g/mol. The van der Waals surface area contributed by atoms with Gasteiger partial charge in [0, 0.05) is 48.9 Å². The molecular weight excluding hydrogens is 312 g/mol. The van der Waals surface area contributed by atoms with Gasteiger partial charge in [-0.3, -0.25) is 0 Å². The Morgan fingerprint density at radius 1 is 0.600 bits per heavy atom. The lowest BCUT2D eigenvalue weighted by Crippen LogP contribution is -2.39. The quantitative estimate of drug-likeness (QED) is 0.592. The fourth-order valence-corrected chi connectivity index (χ4v) is 3.31. The first-order valence-corrected chi connectivity index (χ1v) is 8.83. The molecule has 2 N–H and O–H groups in total. The highest BCUT2D eigenvalue weighted by atomic mass is 16.0. The average Bonchev–Trinajstić information content (AvgIpc) is 2.48. The summed E-state index contributed by atoms with van der Waals surface area (Å²) >= 11 is 0. The van der Waals surface area contributed by atoms with Crippen LogP contribution in [-0.4, -0.2) is 11.0 Å². The van der Waals surface area contributed by atoms with E-state index in [2.05, 4.69) is 75.2 Å². The molecule has 0 atom stereocenters. The number of nitrogens with zero attached hydrogens (tertiary/aromatic N) is 2. The number of aromatic nitrogens is 2. The first kappa shape index (κ1) is 23.2. The van der Waals surface area contributed by atoms with E-state index in [-0.39, 0.29) is 11.0 Å². The van der Waals surface area contributed by atoms with E-state index in [1.807, 2.05) is 0 Å². The third-order valence-electron chi connectivity index (χ3n) is 4.91. The minimum Gasteiger partial charge on any atom is -0.870 e. The minimum atomic E-state index is 0. The number of pyridine rings is 2. The van der Waals surface area contributed by atoms with Gasteiger partial charge in [0.05, 0.1) is 0 Å². The van der Waals surface area contributed by atoms with E-state index in [0.717, 1.165) is 13.1 Å². The van der Waals surface area contributed by atoms with Crippen molar-refractivity contribution in [3.05, 3.63) is 58.2 Å². The summed E-state index contributed by atoms with van der Waals surface area (Å²) in [5.74, 6) is 0. The summed E-state index contributed by atoms with van der Waals surface area (Å²) < 4.78 is 4.83. The van der Waals surface area contributed by atoms with Crippen LogP contribution in [0.5, 0.6) is 0 Å². The van der Waals surface area contributed by atoms with Gasteiger partial charge in [-0.15, -0.1) is 0 Å². The van der Waals surface area contributed by atoms with E-state index in [1.54, 1.807) is 0 Å². The molecule has 0 radical (unpaired) electrons. The van der Waals surface area contributed by atoms with E-state index in [9.17, 15) is 0 Å². The van der Waals surface area contributed by atoms with Gasteiger partial charge in [-0.2, -0.15) is 0 Å². The van der Waals surface area contributed by atoms with Crippen LogP contribution in [0.3, 0.4) is 0 Å². The maximum Gasteiger partial charge on any atom is 0.181 e. The highest BCUT2D eigenvalue weighted by molar-refractivity contribution is 5.18. The second-order valence-corrected chi connectivity index (χ2v) is 7.02. The molecular formula is C21H34N2O2. The number of rotatable bonds is 6. The van der Waals surface area contributed by atoms with Gasteiger partial charge in [0.1, 0.15) is 13.1 Å². The standard InChI is InChI=1S/C21H32N2.2H2O/c1-16-12-18(3)20(5)22(14-16)10-8-7-9-11-23-15-17(2)13-19(4)21(23)6;;/h12-15H,7-11H2,1-6H3;2*1H2/q+2;;/p-2. The molecule has 2 heterocycles. The molecule has 0 fully saturated rings. The summed E-state index contributed by atoms with van der Waals surface area (Å²) in [6.45, 7) is 15.5. The van der Waals surface area contributed by atoms with Gasteiger partial charge in [-0.25, -0.2) is 9.13 Å². The molecule has 4 nitrogen and oxygen atoms in total. The van der Waals surface area contributed by atoms with Crippen molar-refractivity contribution < 1.29 is 20.1 Å². The van der Waals surface area contributed by atoms with Crippen molar-refractivity contribution in [3.8, 4) is 0 Å². The Balaban J connectivity index is 0.00000288. The van der Waals surface area contributed by atoms with Gasteiger partial charge in [-0.05, 0) is 46.2 Å². The van der Waals surface area contributed by atoms with Gasteiger partial charge < -0.3 is 11.0 Å². The normalized spacial score (nSPS) is 10.2. The second-order valence-electron chi connectivity index (χ2n) is 7.02. The number of hydrogen-bond donors (Lipinski definition) is 0. The van der Waals surface area contributed by atoms with E-state index >= 15 is 0 Å². The van der Waals surface area contributed by atoms with Crippen molar-refractivity contribution in [1.29, 1.82) is 0 Å². The van der Waals surface area contributed by atoms with Gasteiger partial charge in [0.15, 0.2) is 23.8 Å². The maximum absolute atomic E-state index is 2.42. The SMILES string of the molecule is Cc1cc(C)c(C)[n+](CCCCC[n+]2cc(C)cc(C)c2C)c1.[OH-].[OH-]. The molecule has 0 unspecified atom stereocenters. The molecule has 140 valence electrons. The topological polar surface area (TPSA) is 67.8 Å². The van der Waals surface area contributed by atoms with Crippen molar-refractivity contribution in [2.45, 2.75) is 73.9 Å². The molecule has 2 aromatic heterocycles. The maximum atomic E-state index is 2.42. The van der Waals surface area contributed by atoms with Gasteiger partial charge >= 0.3 is 0 Å². The second kappa shape index (κ2) is 10.3.